The summed E-state index contributed by atoms with van der Waals surface area (Å²) in [6.07, 6.45) is 0. The predicted molar refractivity (Wildman–Crippen MR) is 69.3 cm³/mol. The molecule has 0 heterocycles. The zero-order chi connectivity index (χ0) is 16.0. The summed E-state index contributed by atoms with van der Waals surface area (Å²) in [5.41, 5.74) is -2.86. The van der Waals surface area contributed by atoms with Gasteiger partial charge in [-0.2, -0.15) is 0 Å². The third-order valence-corrected chi connectivity index (χ3v) is 2.85. The van der Waals surface area contributed by atoms with Gasteiger partial charge in [0.15, 0.2) is 0 Å². The fourth-order valence-electron chi connectivity index (χ4n) is 1.79. The average molecular weight is 294 g/mol. The van der Waals surface area contributed by atoms with Gasteiger partial charge in [0.1, 0.15) is 0 Å². The Morgan fingerprint density at radius 3 is 1.48 bits per heavy atom. The highest BCUT2D eigenvalue weighted by molar-refractivity contribution is 6.37. The fourth-order valence-corrected chi connectivity index (χ4v) is 1.79. The molecule has 0 spiro atoms. The van der Waals surface area contributed by atoms with E-state index in [0.29, 0.717) is 0 Å². The van der Waals surface area contributed by atoms with Gasteiger partial charge in [0.2, 0.25) is 5.78 Å². The Hall–Kier alpha value is -2.70. The van der Waals surface area contributed by atoms with E-state index in [1.54, 1.807) is 6.07 Å². The number of carbonyl (C=O) groups is 4. The molecule has 0 fully saturated rings. The van der Waals surface area contributed by atoms with Gasteiger partial charge in [0.05, 0.1) is 21.3 Å². The topological polar surface area (TPSA) is 96.0 Å². The Bertz CT molecular complexity index is 521. The third-order valence-electron chi connectivity index (χ3n) is 2.85. The number of ether oxygens (including phenoxy) is 3. The molecule has 0 aromatic heterocycles. The van der Waals surface area contributed by atoms with Crippen molar-refractivity contribution < 1.29 is 33.4 Å². The zero-order valence-corrected chi connectivity index (χ0v) is 11.7. The summed E-state index contributed by atoms with van der Waals surface area (Å²) in [5.74, 6) is -5.17. The SMILES string of the molecule is COC(=O)C(C(=O)OC)(C(=O)OC)C(=O)c1ccccc1. The molecule has 0 atom stereocenters. The van der Waals surface area contributed by atoms with Crippen molar-refractivity contribution in [2.75, 3.05) is 21.3 Å². The first-order chi connectivity index (χ1) is 9.96. The molecule has 0 bridgehead atoms. The van der Waals surface area contributed by atoms with Gasteiger partial charge in [0, 0.05) is 5.56 Å². The van der Waals surface area contributed by atoms with E-state index in [4.69, 9.17) is 0 Å². The van der Waals surface area contributed by atoms with Gasteiger partial charge in [-0.3, -0.25) is 4.79 Å². The highest BCUT2D eigenvalue weighted by Gasteiger charge is 2.63. The Morgan fingerprint density at radius 2 is 1.14 bits per heavy atom. The minimum absolute atomic E-state index is 0.0290. The maximum atomic E-state index is 12.6. The molecule has 1 rings (SSSR count). The lowest BCUT2D eigenvalue weighted by Gasteiger charge is -2.24. The monoisotopic (exact) mass is 294 g/mol. The van der Waals surface area contributed by atoms with E-state index in [-0.39, 0.29) is 5.56 Å². The molecule has 112 valence electrons. The van der Waals surface area contributed by atoms with Crippen molar-refractivity contribution in [1.82, 2.24) is 0 Å². The summed E-state index contributed by atoms with van der Waals surface area (Å²) >= 11 is 0. The van der Waals surface area contributed by atoms with Gasteiger partial charge in [0.25, 0.3) is 0 Å². The molecule has 0 saturated carbocycles. The van der Waals surface area contributed by atoms with Crippen LogP contribution in [0.1, 0.15) is 10.4 Å². The van der Waals surface area contributed by atoms with Crippen LogP contribution in [0, 0.1) is 5.41 Å². The molecule has 0 radical (unpaired) electrons. The molecule has 21 heavy (non-hydrogen) atoms. The first kappa shape index (κ1) is 16.4. The van der Waals surface area contributed by atoms with Crippen LogP contribution in [-0.4, -0.2) is 45.0 Å². The maximum absolute atomic E-state index is 12.6. The number of Topliss-reactive ketones (excluding diaryl/α,β-unsaturated/α-hetero) is 1. The number of benzene rings is 1. The Kier molecular flexibility index (Phi) is 5.18. The summed E-state index contributed by atoms with van der Waals surface area (Å²) in [4.78, 5) is 48.6. The Balaban J connectivity index is 3.56. The molecule has 7 heteroatoms. The Labute approximate surface area is 120 Å². The van der Waals surface area contributed by atoms with Crippen LogP contribution in [0.3, 0.4) is 0 Å². The standard InChI is InChI=1S/C14H14O7/c1-19-11(16)14(12(17)20-2,13(18)21-3)10(15)9-7-5-4-6-8-9/h4-8H,1-3H3. The second-order valence-corrected chi connectivity index (χ2v) is 3.92. The molecular formula is C14H14O7. The largest absolute Gasteiger partial charge is 0.467 e. The summed E-state index contributed by atoms with van der Waals surface area (Å²) in [7, 11) is 2.84. The molecule has 0 aliphatic rings. The molecule has 0 amide bonds. The van der Waals surface area contributed by atoms with Crippen LogP contribution in [0.2, 0.25) is 0 Å². The molecule has 0 aliphatic heterocycles. The maximum Gasteiger partial charge on any atom is 0.343 e. The molecule has 0 unspecified atom stereocenters. The van der Waals surface area contributed by atoms with Gasteiger partial charge in [-0.1, -0.05) is 30.3 Å². The van der Waals surface area contributed by atoms with Crippen LogP contribution < -0.4 is 0 Å². The fraction of sp³-hybridized carbons (Fsp3) is 0.286. The summed E-state index contributed by atoms with van der Waals surface area (Å²) in [6.45, 7) is 0. The quantitative estimate of drug-likeness (QED) is 0.335. The number of hydrogen-bond acceptors (Lipinski definition) is 7. The third kappa shape index (κ3) is 2.62. The number of carbonyl (C=O) groups excluding carboxylic acids is 4. The molecule has 1 aromatic carbocycles. The van der Waals surface area contributed by atoms with E-state index in [2.05, 4.69) is 14.2 Å². The van der Waals surface area contributed by atoms with E-state index in [9.17, 15) is 19.2 Å². The second kappa shape index (κ2) is 6.65. The number of methoxy groups -OCH3 is 3. The van der Waals surface area contributed by atoms with E-state index in [0.717, 1.165) is 21.3 Å². The van der Waals surface area contributed by atoms with Gasteiger partial charge in [-0.25, -0.2) is 14.4 Å². The molecule has 1 aromatic rings. The average Bonchev–Trinajstić information content (AvgIpc) is 2.54. The molecule has 7 nitrogen and oxygen atoms in total. The van der Waals surface area contributed by atoms with Gasteiger partial charge >= 0.3 is 23.3 Å². The second-order valence-electron chi connectivity index (χ2n) is 3.92. The number of hydrogen-bond donors (Lipinski definition) is 0. The van der Waals surface area contributed by atoms with E-state index < -0.39 is 29.1 Å². The van der Waals surface area contributed by atoms with Gasteiger partial charge < -0.3 is 14.2 Å². The van der Waals surface area contributed by atoms with Crippen LogP contribution in [0.5, 0.6) is 0 Å². The minimum Gasteiger partial charge on any atom is -0.467 e. The molecule has 0 saturated heterocycles. The lowest BCUT2D eigenvalue weighted by Crippen LogP contribution is -2.54. The summed E-state index contributed by atoms with van der Waals surface area (Å²) in [5, 5.41) is 0. The number of rotatable bonds is 5. The smallest absolute Gasteiger partial charge is 0.343 e. The lowest BCUT2D eigenvalue weighted by molar-refractivity contribution is -0.175. The first-order valence-electron chi connectivity index (χ1n) is 5.81. The summed E-state index contributed by atoms with van der Waals surface area (Å²) in [6, 6.07) is 7.37. The molecule has 0 aliphatic carbocycles. The van der Waals surface area contributed by atoms with Gasteiger partial charge in [-0.15, -0.1) is 0 Å². The minimum atomic E-state index is -2.83. The highest BCUT2D eigenvalue weighted by Crippen LogP contribution is 2.28. The number of ketones is 1. The lowest BCUT2D eigenvalue weighted by atomic mass is 9.80. The number of esters is 3. The Morgan fingerprint density at radius 1 is 0.762 bits per heavy atom. The predicted octanol–water partition coefficient (Wildman–Crippen LogP) is 0.375. The molecule has 0 N–H and O–H groups in total. The first-order valence-corrected chi connectivity index (χ1v) is 5.81. The highest BCUT2D eigenvalue weighted by atomic mass is 16.6. The zero-order valence-electron chi connectivity index (χ0n) is 11.7. The van der Waals surface area contributed by atoms with Gasteiger partial charge in [-0.05, 0) is 0 Å². The normalized spacial score (nSPS) is 10.4. The van der Waals surface area contributed by atoms with Crippen LogP contribution in [0.15, 0.2) is 30.3 Å². The van der Waals surface area contributed by atoms with Crippen molar-refractivity contribution in [3.05, 3.63) is 35.9 Å². The van der Waals surface area contributed by atoms with Crippen molar-refractivity contribution in [1.29, 1.82) is 0 Å². The van der Waals surface area contributed by atoms with Crippen LogP contribution >= 0.6 is 0 Å². The van der Waals surface area contributed by atoms with E-state index in [1.807, 2.05) is 0 Å². The summed E-state index contributed by atoms with van der Waals surface area (Å²) < 4.78 is 13.3. The van der Waals surface area contributed by atoms with Crippen molar-refractivity contribution in [2.24, 2.45) is 5.41 Å². The van der Waals surface area contributed by atoms with Crippen molar-refractivity contribution in [3.8, 4) is 0 Å². The van der Waals surface area contributed by atoms with Crippen LogP contribution in [0.4, 0.5) is 0 Å². The van der Waals surface area contributed by atoms with Crippen molar-refractivity contribution >= 4 is 23.7 Å². The van der Waals surface area contributed by atoms with E-state index in [1.165, 1.54) is 24.3 Å². The molecular weight excluding hydrogens is 280 g/mol. The van der Waals surface area contributed by atoms with E-state index >= 15 is 0 Å². The van der Waals surface area contributed by atoms with Crippen LogP contribution in [-0.2, 0) is 28.6 Å². The van der Waals surface area contributed by atoms with Crippen molar-refractivity contribution in [2.45, 2.75) is 0 Å². The van der Waals surface area contributed by atoms with Crippen LogP contribution in [0.25, 0.3) is 0 Å². The van der Waals surface area contributed by atoms with Crippen molar-refractivity contribution in [3.63, 3.8) is 0 Å².